The van der Waals surface area contributed by atoms with Gasteiger partial charge in [-0.15, -0.1) is 0 Å². The molecule has 3 nitrogen and oxygen atoms in total. The standard InChI is InChI=1S/C8H10BrNO2/c1-10-4-5-2-6(9)3-7(11)8(5)12/h2-3,10-12H,4H2,1H3. The summed E-state index contributed by atoms with van der Waals surface area (Å²) in [6, 6.07) is 3.21. The van der Waals surface area contributed by atoms with Gasteiger partial charge >= 0.3 is 0 Å². The number of hydrogen-bond acceptors (Lipinski definition) is 3. The van der Waals surface area contributed by atoms with Crippen LogP contribution in [0.25, 0.3) is 0 Å². The van der Waals surface area contributed by atoms with Crippen molar-refractivity contribution in [3.05, 3.63) is 22.2 Å². The van der Waals surface area contributed by atoms with Gasteiger partial charge in [0, 0.05) is 16.6 Å². The highest BCUT2D eigenvalue weighted by Crippen LogP contribution is 2.32. The molecule has 0 aliphatic rings. The van der Waals surface area contributed by atoms with Gasteiger partial charge in [-0.3, -0.25) is 0 Å². The van der Waals surface area contributed by atoms with Crippen molar-refractivity contribution in [2.45, 2.75) is 6.54 Å². The van der Waals surface area contributed by atoms with Crippen molar-refractivity contribution in [2.75, 3.05) is 7.05 Å². The van der Waals surface area contributed by atoms with Gasteiger partial charge in [-0.05, 0) is 19.2 Å². The van der Waals surface area contributed by atoms with E-state index in [-0.39, 0.29) is 11.5 Å². The van der Waals surface area contributed by atoms with E-state index in [1.165, 1.54) is 6.07 Å². The third-order valence-electron chi connectivity index (χ3n) is 1.50. The van der Waals surface area contributed by atoms with E-state index in [4.69, 9.17) is 0 Å². The van der Waals surface area contributed by atoms with Crippen LogP contribution in [-0.2, 0) is 6.54 Å². The molecule has 0 aliphatic heterocycles. The number of phenolic OH excluding ortho intramolecular Hbond substituents is 2. The van der Waals surface area contributed by atoms with E-state index in [1.54, 1.807) is 13.1 Å². The van der Waals surface area contributed by atoms with Gasteiger partial charge in [0.25, 0.3) is 0 Å². The van der Waals surface area contributed by atoms with Gasteiger partial charge in [0.15, 0.2) is 11.5 Å². The van der Waals surface area contributed by atoms with Crippen LogP contribution >= 0.6 is 15.9 Å². The Kier molecular flexibility index (Phi) is 2.94. The van der Waals surface area contributed by atoms with Crippen molar-refractivity contribution in [3.8, 4) is 11.5 Å². The summed E-state index contributed by atoms with van der Waals surface area (Å²) in [6.07, 6.45) is 0. The molecule has 0 unspecified atom stereocenters. The monoisotopic (exact) mass is 231 g/mol. The zero-order valence-corrected chi connectivity index (χ0v) is 8.22. The predicted molar refractivity (Wildman–Crippen MR) is 50.2 cm³/mol. The summed E-state index contributed by atoms with van der Waals surface area (Å²) in [7, 11) is 1.78. The highest BCUT2D eigenvalue weighted by atomic mass is 79.9. The van der Waals surface area contributed by atoms with E-state index < -0.39 is 0 Å². The van der Waals surface area contributed by atoms with Gasteiger partial charge in [-0.25, -0.2) is 0 Å². The lowest BCUT2D eigenvalue weighted by Gasteiger charge is -2.05. The minimum Gasteiger partial charge on any atom is -0.504 e. The van der Waals surface area contributed by atoms with E-state index in [1.807, 2.05) is 0 Å². The molecule has 66 valence electrons. The van der Waals surface area contributed by atoms with Crippen molar-refractivity contribution < 1.29 is 10.2 Å². The average molecular weight is 232 g/mol. The smallest absolute Gasteiger partial charge is 0.162 e. The number of aromatic hydroxyl groups is 2. The number of halogens is 1. The van der Waals surface area contributed by atoms with Crippen molar-refractivity contribution in [3.63, 3.8) is 0 Å². The molecule has 0 spiro atoms. The molecule has 0 amide bonds. The maximum atomic E-state index is 9.34. The molecule has 1 rings (SSSR count). The first kappa shape index (κ1) is 9.35. The van der Waals surface area contributed by atoms with Gasteiger partial charge < -0.3 is 15.5 Å². The minimum absolute atomic E-state index is 0.0625. The second kappa shape index (κ2) is 3.78. The third kappa shape index (κ3) is 1.89. The molecule has 0 heterocycles. The van der Waals surface area contributed by atoms with Crippen molar-refractivity contribution in [2.24, 2.45) is 0 Å². The Morgan fingerprint density at radius 3 is 2.67 bits per heavy atom. The summed E-state index contributed by atoms with van der Waals surface area (Å²) in [5.74, 6) is -0.165. The minimum atomic E-state index is -0.102. The van der Waals surface area contributed by atoms with Crippen LogP contribution in [0.2, 0.25) is 0 Å². The molecule has 0 atom stereocenters. The number of phenols is 2. The average Bonchev–Trinajstić information content (AvgIpc) is 2.00. The number of benzene rings is 1. The fourth-order valence-electron chi connectivity index (χ4n) is 0.965. The fraction of sp³-hybridized carbons (Fsp3) is 0.250. The summed E-state index contributed by atoms with van der Waals surface area (Å²) in [5.41, 5.74) is 0.671. The van der Waals surface area contributed by atoms with Crippen LogP contribution in [0.1, 0.15) is 5.56 Å². The van der Waals surface area contributed by atoms with Crippen molar-refractivity contribution >= 4 is 15.9 Å². The number of nitrogens with one attached hydrogen (secondary N) is 1. The Balaban J connectivity index is 3.09. The van der Waals surface area contributed by atoms with E-state index >= 15 is 0 Å². The first-order chi connectivity index (χ1) is 5.65. The van der Waals surface area contributed by atoms with Crippen LogP contribution in [-0.4, -0.2) is 17.3 Å². The molecule has 0 radical (unpaired) electrons. The highest BCUT2D eigenvalue weighted by molar-refractivity contribution is 9.10. The highest BCUT2D eigenvalue weighted by Gasteiger charge is 2.06. The zero-order chi connectivity index (χ0) is 9.14. The van der Waals surface area contributed by atoms with Crippen LogP contribution in [0.15, 0.2) is 16.6 Å². The summed E-state index contributed by atoms with van der Waals surface area (Å²) in [6.45, 7) is 0.527. The van der Waals surface area contributed by atoms with Crippen LogP contribution in [0.5, 0.6) is 11.5 Å². The van der Waals surface area contributed by atoms with Crippen LogP contribution in [0, 0.1) is 0 Å². The molecule has 0 fully saturated rings. The molecule has 0 aromatic heterocycles. The third-order valence-corrected chi connectivity index (χ3v) is 1.96. The molecule has 0 bridgehead atoms. The Hall–Kier alpha value is -0.740. The van der Waals surface area contributed by atoms with Gasteiger partial charge in [0.2, 0.25) is 0 Å². The summed E-state index contributed by atoms with van der Waals surface area (Å²) < 4.78 is 0.753. The van der Waals surface area contributed by atoms with Crippen LogP contribution in [0.3, 0.4) is 0 Å². The maximum absolute atomic E-state index is 9.34. The Bertz CT molecular complexity index is 289. The second-order valence-electron chi connectivity index (χ2n) is 2.46. The fourth-order valence-corrected chi connectivity index (χ4v) is 1.46. The SMILES string of the molecule is CNCc1cc(Br)cc(O)c1O. The zero-order valence-electron chi connectivity index (χ0n) is 6.63. The van der Waals surface area contributed by atoms with Crippen molar-refractivity contribution in [1.29, 1.82) is 0 Å². The molecule has 3 N–H and O–H groups in total. The molecule has 4 heteroatoms. The molecule has 0 aliphatic carbocycles. The first-order valence-corrected chi connectivity index (χ1v) is 4.29. The van der Waals surface area contributed by atoms with Gasteiger partial charge in [-0.2, -0.15) is 0 Å². The molecule has 0 saturated carbocycles. The van der Waals surface area contributed by atoms with E-state index in [0.29, 0.717) is 12.1 Å². The van der Waals surface area contributed by atoms with Crippen LogP contribution < -0.4 is 5.32 Å². The Morgan fingerprint density at radius 1 is 1.42 bits per heavy atom. The second-order valence-corrected chi connectivity index (χ2v) is 3.38. The molecule has 0 saturated heterocycles. The van der Waals surface area contributed by atoms with Crippen LogP contribution in [0.4, 0.5) is 0 Å². The molecule has 12 heavy (non-hydrogen) atoms. The van der Waals surface area contributed by atoms with E-state index in [0.717, 1.165) is 4.47 Å². The van der Waals surface area contributed by atoms with Gasteiger partial charge in [0.05, 0.1) is 0 Å². The summed E-state index contributed by atoms with van der Waals surface area (Å²) in [5, 5.41) is 21.4. The number of hydrogen-bond donors (Lipinski definition) is 3. The topological polar surface area (TPSA) is 52.5 Å². The van der Waals surface area contributed by atoms with Gasteiger partial charge in [-0.1, -0.05) is 15.9 Å². The predicted octanol–water partition coefficient (Wildman–Crippen LogP) is 1.58. The Morgan fingerprint density at radius 2 is 2.08 bits per heavy atom. The lowest BCUT2D eigenvalue weighted by molar-refractivity contribution is 0.398. The molecular weight excluding hydrogens is 222 g/mol. The molecular formula is C8H10BrNO2. The lowest BCUT2D eigenvalue weighted by Crippen LogP contribution is -2.05. The van der Waals surface area contributed by atoms with E-state index in [9.17, 15) is 10.2 Å². The Labute approximate surface area is 79.2 Å². The quantitative estimate of drug-likeness (QED) is 0.678. The maximum Gasteiger partial charge on any atom is 0.162 e. The normalized spacial score (nSPS) is 10.2. The van der Waals surface area contributed by atoms with E-state index in [2.05, 4.69) is 21.2 Å². The molecule has 1 aromatic carbocycles. The van der Waals surface area contributed by atoms with Gasteiger partial charge in [0.1, 0.15) is 0 Å². The summed E-state index contributed by atoms with van der Waals surface area (Å²) >= 11 is 3.22. The number of rotatable bonds is 2. The molecule has 1 aromatic rings. The first-order valence-electron chi connectivity index (χ1n) is 3.50. The largest absolute Gasteiger partial charge is 0.504 e. The summed E-state index contributed by atoms with van der Waals surface area (Å²) in [4.78, 5) is 0. The lowest BCUT2D eigenvalue weighted by atomic mass is 10.2. The van der Waals surface area contributed by atoms with Crippen molar-refractivity contribution in [1.82, 2.24) is 5.32 Å².